The van der Waals surface area contributed by atoms with Gasteiger partial charge in [0.15, 0.2) is 0 Å². The molecule has 2 nitrogen and oxygen atoms in total. The first-order valence-electron chi connectivity index (χ1n) is 3.59. The molecule has 0 fully saturated rings. The van der Waals surface area contributed by atoms with Gasteiger partial charge in [-0.2, -0.15) is 0 Å². The van der Waals surface area contributed by atoms with Crippen LogP contribution in [0.1, 0.15) is 11.3 Å². The Balaban J connectivity index is 2.74. The monoisotopic (exact) mass is 148 g/mol. The molecule has 0 aliphatic heterocycles. The predicted molar refractivity (Wildman–Crippen MR) is 47.1 cm³/mol. The SMILES string of the molecule is C=Cc1ccc(CNC)cn1. The summed E-state index contributed by atoms with van der Waals surface area (Å²) in [6.45, 7) is 4.49. The molecule has 0 atom stereocenters. The van der Waals surface area contributed by atoms with Crippen molar-refractivity contribution in [1.29, 1.82) is 0 Å². The Morgan fingerprint density at radius 1 is 1.64 bits per heavy atom. The van der Waals surface area contributed by atoms with Crippen LogP contribution in [-0.4, -0.2) is 12.0 Å². The Kier molecular flexibility index (Phi) is 2.81. The Morgan fingerprint density at radius 3 is 2.91 bits per heavy atom. The smallest absolute Gasteiger partial charge is 0.0623 e. The molecule has 0 aliphatic rings. The van der Waals surface area contributed by atoms with Crippen LogP contribution in [0.4, 0.5) is 0 Å². The normalized spacial score (nSPS) is 9.55. The zero-order valence-corrected chi connectivity index (χ0v) is 6.67. The second-order valence-corrected chi connectivity index (χ2v) is 2.33. The second kappa shape index (κ2) is 3.88. The molecule has 0 amide bonds. The molecule has 0 saturated carbocycles. The Bertz CT molecular complexity index is 226. The fraction of sp³-hybridized carbons (Fsp3) is 0.222. The first kappa shape index (κ1) is 7.95. The number of rotatable bonds is 3. The first-order valence-corrected chi connectivity index (χ1v) is 3.59. The highest BCUT2D eigenvalue weighted by Gasteiger charge is 1.89. The van der Waals surface area contributed by atoms with Crippen molar-refractivity contribution in [2.24, 2.45) is 0 Å². The number of nitrogens with one attached hydrogen (secondary N) is 1. The fourth-order valence-corrected chi connectivity index (χ4v) is 0.865. The summed E-state index contributed by atoms with van der Waals surface area (Å²) in [5, 5.41) is 3.06. The minimum atomic E-state index is 0.865. The van der Waals surface area contributed by atoms with E-state index < -0.39 is 0 Å². The fourth-order valence-electron chi connectivity index (χ4n) is 0.865. The van der Waals surface area contributed by atoms with Gasteiger partial charge in [0.1, 0.15) is 0 Å². The quantitative estimate of drug-likeness (QED) is 0.701. The zero-order valence-electron chi connectivity index (χ0n) is 6.67. The van der Waals surface area contributed by atoms with E-state index in [4.69, 9.17) is 0 Å². The van der Waals surface area contributed by atoms with Crippen LogP contribution in [0.3, 0.4) is 0 Å². The van der Waals surface area contributed by atoms with Gasteiger partial charge in [-0.25, -0.2) is 0 Å². The highest BCUT2D eigenvalue weighted by Crippen LogP contribution is 2.00. The molecule has 0 spiro atoms. The predicted octanol–water partition coefficient (Wildman–Crippen LogP) is 1.44. The van der Waals surface area contributed by atoms with Crippen LogP contribution in [0.5, 0.6) is 0 Å². The summed E-state index contributed by atoms with van der Waals surface area (Å²) in [5.41, 5.74) is 2.11. The van der Waals surface area contributed by atoms with Gasteiger partial charge in [-0.3, -0.25) is 4.98 Å². The molecular weight excluding hydrogens is 136 g/mol. The largest absolute Gasteiger partial charge is 0.316 e. The molecule has 0 bridgehead atoms. The molecule has 0 aromatic carbocycles. The van der Waals surface area contributed by atoms with Gasteiger partial charge < -0.3 is 5.32 Å². The maximum Gasteiger partial charge on any atom is 0.0623 e. The Morgan fingerprint density at radius 2 is 2.45 bits per heavy atom. The topological polar surface area (TPSA) is 24.9 Å². The molecule has 2 heteroatoms. The van der Waals surface area contributed by atoms with E-state index in [1.54, 1.807) is 6.08 Å². The number of aromatic nitrogens is 1. The van der Waals surface area contributed by atoms with Crippen LogP contribution >= 0.6 is 0 Å². The van der Waals surface area contributed by atoms with E-state index in [0.29, 0.717) is 0 Å². The zero-order chi connectivity index (χ0) is 8.10. The molecule has 11 heavy (non-hydrogen) atoms. The molecule has 0 unspecified atom stereocenters. The van der Waals surface area contributed by atoms with Gasteiger partial charge in [0.05, 0.1) is 5.69 Å². The lowest BCUT2D eigenvalue weighted by molar-refractivity contribution is 0.813. The van der Waals surface area contributed by atoms with Crippen LogP contribution < -0.4 is 5.32 Å². The Hall–Kier alpha value is -1.15. The van der Waals surface area contributed by atoms with Crippen LogP contribution in [0.15, 0.2) is 24.9 Å². The van der Waals surface area contributed by atoms with Crippen molar-refractivity contribution in [3.8, 4) is 0 Å². The molecule has 1 aromatic rings. The first-order chi connectivity index (χ1) is 5.36. The maximum atomic E-state index is 4.16. The van der Waals surface area contributed by atoms with Crippen LogP contribution in [0.25, 0.3) is 6.08 Å². The summed E-state index contributed by atoms with van der Waals surface area (Å²) >= 11 is 0. The van der Waals surface area contributed by atoms with E-state index in [-0.39, 0.29) is 0 Å². The molecule has 0 radical (unpaired) electrons. The van der Waals surface area contributed by atoms with E-state index in [1.807, 2.05) is 25.4 Å². The number of nitrogens with zero attached hydrogens (tertiary/aromatic N) is 1. The Labute approximate surface area is 67.0 Å². The van der Waals surface area contributed by atoms with E-state index in [0.717, 1.165) is 12.2 Å². The number of hydrogen-bond donors (Lipinski definition) is 1. The molecule has 58 valence electrons. The van der Waals surface area contributed by atoms with Crippen molar-refractivity contribution < 1.29 is 0 Å². The van der Waals surface area contributed by atoms with Gasteiger partial charge in [0.25, 0.3) is 0 Å². The van der Waals surface area contributed by atoms with Gasteiger partial charge in [0, 0.05) is 12.7 Å². The van der Waals surface area contributed by atoms with Crippen molar-refractivity contribution in [3.63, 3.8) is 0 Å². The van der Waals surface area contributed by atoms with Crippen LogP contribution in [-0.2, 0) is 6.54 Å². The summed E-state index contributed by atoms with van der Waals surface area (Å²) in [5.74, 6) is 0. The van der Waals surface area contributed by atoms with E-state index in [2.05, 4.69) is 16.9 Å². The maximum absolute atomic E-state index is 4.16. The van der Waals surface area contributed by atoms with E-state index >= 15 is 0 Å². The van der Waals surface area contributed by atoms with Crippen molar-refractivity contribution in [3.05, 3.63) is 36.2 Å². The third kappa shape index (κ3) is 2.16. The molecule has 1 heterocycles. The number of hydrogen-bond acceptors (Lipinski definition) is 2. The summed E-state index contributed by atoms with van der Waals surface area (Å²) in [4.78, 5) is 4.16. The van der Waals surface area contributed by atoms with Gasteiger partial charge >= 0.3 is 0 Å². The molecule has 0 aliphatic carbocycles. The van der Waals surface area contributed by atoms with Gasteiger partial charge in [-0.1, -0.05) is 12.6 Å². The summed E-state index contributed by atoms with van der Waals surface area (Å²) in [7, 11) is 1.92. The third-order valence-corrected chi connectivity index (χ3v) is 1.44. The van der Waals surface area contributed by atoms with Crippen molar-refractivity contribution in [2.45, 2.75) is 6.54 Å². The third-order valence-electron chi connectivity index (χ3n) is 1.44. The van der Waals surface area contributed by atoms with Gasteiger partial charge in [-0.05, 0) is 24.8 Å². The molecule has 1 aromatic heterocycles. The average Bonchev–Trinajstić information content (AvgIpc) is 2.07. The second-order valence-electron chi connectivity index (χ2n) is 2.33. The van der Waals surface area contributed by atoms with Gasteiger partial charge in [-0.15, -0.1) is 0 Å². The highest BCUT2D eigenvalue weighted by atomic mass is 14.8. The van der Waals surface area contributed by atoms with Crippen molar-refractivity contribution in [1.82, 2.24) is 10.3 Å². The van der Waals surface area contributed by atoms with E-state index in [1.165, 1.54) is 5.56 Å². The van der Waals surface area contributed by atoms with Gasteiger partial charge in [0.2, 0.25) is 0 Å². The van der Waals surface area contributed by atoms with Crippen molar-refractivity contribution in [2.75, 3.05) is 7.05 Å². The van der Waals surface area contributed by atoms with Crippen molar-refractivity contribution >= 4 is 6.08 Å². The highest BCUT2D eigenvalue weighted by molar-refractivity contribution is 5.41. The molecular formula is C9H12N2. The lowest BCUT2D eigenvalue weighted by Crippen LogP contribution is -2.05. The minimum absolute atomic E-state index is 0.865. The van der Waals surface area contributed by atoms with Crippen LogP contribution in [0, 0.1) is 0 Å². The standard InChI is InChI=1S/C9H12N2/c1-3-9-5-4-8(6-10-2)7-11-9/h3-5,7,10H,1,6H2,2H3. The molecule has 0 saturated heterocycles. The lowest BCUT2D eigenvalue weighted by atomic mass is 10.2. The lowest BCUT2D eigenvalue weighted by Gasteiger charge is -1.98. The summed E-state index contributed by atoms with van der Waals surface area (Å²) in [6.07, 6.45) is 3.59. The van der Waals surface area contributed by atoms with Crippen LogP contribution in [0.2, 0.25) is 0 Å². The minimum Gasteiger partial charge on any atom is -0.316 e. The number of pyridine rings is 1. The molecule has 1 rings (SSSR count). The van der Waals surface area contributed by atoms with E-state index in [9.17, 15) is 0 Å². The summed E-state index contributed by atoms with van der Waals surface area (Å²) in [6, 6.07) is 4.00. The summed E-state index contributed by atoms with van der Waals surface area (Å²) < 4.78 is 0. The average molecular weight is 148 g/mol. The molecule has 1 N–H and O–H groups in total.